The molecule has 110 valence electrons. The number of hydrogen-bond donors (Lipinski definition) is 2. The van der Waals surface area contributed by atoms with Crippen molar-refractivity contribution in [2.75, 3.05) is 19.7 Å². The second-order valence-electron chi connectivity index (χ2n) is 4.48. The summed E-state index contributed by atoms with van der Waals surface area (Å²) in [4.78, 5) is 0. The first-order chi connectivity index (χ1) is 9.53. The molecule has 0 radical (unpaired) electrons. The number of oxime groups is 1. The van der Waals surface area contributed by atoms with E-state index in [1.807, 2.05) is 6.07 Å². The van der Waals surface area contributed by atoms with Crippen molar-refractivity contribution in [3.63, 3.8) is 0 Å². The summed E-state index contributed by atoms with van der Waals surface area (Å²) in [6.45, 7) is 0.546. The lowest BCUT2D eigenvalue weighted by Gasteiger charge is -2.31. The minimum absolute atomic E-state index is 0.0606. The molecule has 1 unspecified atom stereocenters. The Morgan fingerprint density at radius 2 is 2.15 bits per heavy atom. The van der Waals surface area contributed by atoms with E-state index in [0.717, 1.165) is 5.56 Å². The Balaban J connectivity index is 2.09. The molecule has 0 amide bonds. The Kier molecular flexibility index (Phi) is 4.58. The lowest BCUT2D eigenvalue weighted by Crippen LogP contribution is -2.50. The molecule has 0 spiro atoms. The van der Waals surface area contributed by atoms with Gasteiger partial charge in [-0.25, -0.2) is 8.42 Å². The fourth-order valence-corrected chi connectivity index (χ4v) is 3.51. The van der Waals surface area contributed by atoms with Crippen molar-refractivity contribution in [2.45, 2.75) is 11.9 Å². The first-order valence-corrected chi connectivity index (χ1v) is 7.74. The molecule has 0 aliphatic carbocycles. The molecule has 1 heterocycles. The Hall–Kier alpha value is -1.64. The average Bonchev–Trinajstić information content (AvgIpc) is 2.47. The predicted molar refractivity (Wildman–Crippen MR) is 73.8 cm³/mol. The highest BCUT2D eigenvalue weighted by molar-refractivity contribution is 7.88. The lowest BCUT2D eigenvalue weighted by atomic mass is 10.2. The van der Waals surface area contributed by atoms with Gasteiger partial charge >= 0.3 is 0 Å². The third kappa shape index (κ3) is 3.47. The molecule has 1 aliphatic rings. The van der Waals surface area contributed by atoms with Gasteiger partial charge in [-0.05, 0) is 5.56 Å². The van der Waals surface area contributed by atoms with E-state index in [1.54, 1.807) is 24.3 Å². The van der Waals surface area contributed by atoms with Crippen molar-refractivity contribution in [3.8, 4) is 0 Å². The number of hydrogen-bond acceptors (Lipinski definition) is 5. The van der Waals surface area contributed by atoms with E-state index in [9.17, 15) is 8.42 Å². The van der Waals surface area contributed by atoms with E-state index in [1.165, 1.54) is 4.31 Å². The summed E-state index contributed by atoms with van der Waals surface area (Å²) in [5, 5.41) is 11.5. The number of nitrogens with zero attached hydrogens (tertiary/aromatic N) is 2. The van der Waals surface area contributed by atoms with Gasteiger partial charge in [0.05, 0.1) is 12.4 Å². The molecule has 1 saturated heterocycles. The number of ether oxygens (including phenoxy) is 1. The summed E-state index contributed by atoms with van der Waals surface area (Å²) in [5.74, 6) is -0.193. The van der Waals surface area contributed by atoms with Crippen LogP contribution in [-0.4, -0.2) is 49.6 Å². The second-order valence-corrected chi connectivity index (χ2v) is 6.45. The summed E-state index contributed by atoms with van der Waals surface area (Å²) in [5.41, 5.74) is 6.18. The Morgan fingerprint density at radius 3 is 2.80 bits per heavy atom. The van der Waals surface area contributed by atoms with Crippen LogP contribution < -0.4 is 5.73 Å². The zero-order valence-corrected chi connectivity index (χ0v) is 11.7. The predicted octanol–water partition coefficient (Wildman–Crippen LogP) is -0.0364. The van der Waals surface area contributed by atoms with Crippen LogP contribution in [0.15, 0.2) is 35.5 Å². The molecule has 20 heavy (non-hydrogen) atoms. The first-order valence-electron chi connectivity index (χ1n) is 6.13. The van der Waals surface area contributed by atoms with Gasteiger partial charge in [-0.1, -0.05) is 35.5 Å². The topological polar surface area (TPSA) is 105 Å². The molecule has 0 saturated carbocycles. The van der Waals surface area contributed by atoms with E-state index in [-0.39, 0.29) is 31.3 Å². The maximum Gasteiger partial charge on any atom is 0.218 e. The van der Waals surface area contributed by atoms with Crippen molar-refractivity contribution in [1.29, 1.82) is 0 Å². The molecule has 8 heteroatoms. The minimum Gasteiger partial charge on any atom is -0.409 e. The maximum absolute atomic E-state index is 12.3. The third-order valence-electron chi connectivity index (χ3n) is 3.06. The van der Waals surface area contributed by atoms with E-state index < -0.39 is 16.1 Å². The SMILES string of the molecule is NC(=NO)C1CN(S(=O)(=O)Cc2ccccc2)CCO1. The summed E-state index contributed by atoms with van der Waals surface area (Å²) >= 11 is 0. The van der Waals surface area contributed by atoms with Crippen LogP contribution in [0.1, 0.15) is 5.56 Å². The molecule has 1 aromatic carbocycles. The van der Waals surface area contributed by atoms with Crippen molar-refractivity contribution in [2.24, 2.45) is 10.9 Å². The summed E-state index contributed by atoms with van der Waals surface area (Å²) in [6.07, 6.45) is -0.709. The molecule has 7 nitrogen and oxygen atoms in total. The van der Waals surface area contributed by atoms with Gasteiger partial charge in [-0.3, -0.25) is 0 Å². The van der Waals surface area contributed by atoms with Gasteiger partial charge in [-0.15, -0.1) is 0 Å². The molecular weight excluding hydrogens is 282 g/mol. The molecular formula is C12H17N3O4S. The second kappa shape index (κ2) is 6.21. The molecule has 0 aromatic heterocycles. The van der Waals surface area contributed by atoms with Crippen LogP contribution in [0.3, 0.4) is 0 Å². The van der Waals surface area contributed by atoms with Gasteiger partial charge in [-0.2, -0.15) is 4.31 Å². The van der Waals surface area contributed by atoms with E-state index in [4.69, 9.17) is 15.7 Å². The van der Waals surface area contributed by atoms with Gasteiger partial charge < -0.3 is 15.7 Å². The highest BCUT2D eigenvalue weighted by Gasteiger charge is 2.31. The summed E-state index contributed by atoms with van der Waals surface area (Å²) in [6, 6.07) is 8.95. The first kappa shape index (κ1) is 14.8. The van der Waals surface area contributed by atoms with E-state index in [2.05, 4.69) is 5.16 Å². The monoisotopic (exact) mass is 299 g/mol. The largest absolute Gasteiger partial charge is 0.409 e. The smallest absolute Gasteiger partial charge is 0.218 e. The Morgan fingerprint density at radius 1 is 1.45 bits per heavy atom. The number of amidine groups is 1. The van der Waals surface area contributed by atoms with Crippen molar-refractivity contribution in [3.05, 3.63) is 35.9 Å². The number of morpholine rings is 1. The fraction of sp³-hybridized carbons (Fsp3) is 0.417. The Bertz CT molecular complexity index is 574. The molecule has 1 aliphatic heterocycles. The fourth-order valence-electron chi connectivity index (χ4n) is 2.00. The maximum atomic E-state index is 12.3. The van der Waals surface area contributed by atoms with Crippen molar-refractivity contribution < 1.29 is 18.4 Å². The van der Waals surface area contributed by atoms with Crippen LogP contribution in [0.4, 0.5) is 0 Å². The third-order valence-corrected chi connectivity index (χ3v) is 4.88. The van der Waals surface area contributed by atoms with Crippen LogP contribution in [-0.2, 0) is 20.5 Å². The highest BCUT2D eigenvalue weighted by Crippen LogP contribution is 2.15. The molecule has 1 aromatic rings. The molecule has 2 rings (SSSR count). The van der Waals surface area contributed by atoms with Gasteiger partial charge in [0.2, 0.25) is 10.0 Å². The Labute approximate surface area is 117 Å². The van der Waals surface area contributed by atoms with Crippen LogP contribution in [0.2, 0.25) is 0 Å². The van der Waals surface area contributed by atoms with Crippen LogP contribution in [0.25, 0.3) is 0 Å². The van der Waals surface area contributed by atoms with Crippen LogP contribution in [0.5, 0.6) is 0 Å². The van der Waals surface area contributed by atoms with E-state index >= 15 is 0 Å². The molecule has 1 fully saturated rings. The van der Waals surface area contributed by atoms with Crippen molar-refractivity contribution in [1.82, 2.24) is 4.31 Å². The number of benzene rings is 1. The number of nitrogens with two attached hydrogens (primary N) is 1. The zero-order valence-electron chi connectivity index (χ0n) is 10.8. The average molecular weight is 299 g/mol. The number of rotatable bonds is 4. The summed E-state index contributed by atoms with van der Waals surface area (Å²) in [7, 11) is -3.45. The van der Waals surface area contributed by atoms with Crippen molar-refractivity contribution >= 4 is 15.9 Å². The quantitative estimate of drug-likeness (QED) is 0.351. The van der Waals surface area contributed by atoms with Gasteiger partial charge in [0.25, 0.3) is 0 Å². The van der Waals surface area contributed by atoms with Gasteiger partial charge in [0.1, 0.15) is 6.10 Å². The van der Waals surface area contributed by atoms with Gasteiger partial charge in [0.15, 0.2) is 5.84 Å². The van der Waals surface area contributed by atoms with E-state index in [0.29, 0.717) is 0 Å². The number of sulfonamides is 1. The van der Waals surface area contributed by atoms with Crippen LogP contribution in [0, 0.1) is 0 Å². The molecule has 3 N–H and O–H groups in total. The zero-order chi connectivity index (χ0) is 14.6. The van der Waals surface area contributed by atoms with Gasteiger partial charge in [0, 0.05) is 13.1 Å². The van der Waals surface area contributed by atoms with Crippen LogP contribution >= 0.6 is 0 Å². The molecule has 1 atom stereocenters. The lowest BCUT2D eigenvalue weighted by molar-refractivity contribution is 0.0354. The summed E-state index contributed by atoms with van der Waals surface area (Å²) < 4.78 is 31.3. The minimum atomic E-state index is -3.45. The standard InChI is InChI=1S/C12H17N3O4S/c13-12(14-16)11-8-15(6-7-19-11)20(17,18)9-10-4-2-1-3-5-10/h1-5,11,16H,6-9H2,(H2,13,14). The normalized spacial score (nSPS) is 21.8. The molecule has 0 bridgehead atoms. The highest BCUT2D eigenvalue weighted by atomic mass is 32.2.